The maximum absolute atomic E-state index is 13.4. The molecule has 0 atom stereocenters. The molecule has 142 valence electrons. The molecule has 0 saturated carbocycles. The van der Waals surface area contributed by atoms with Crippen LogP contribution in [0.15, 0.2) is 82.2 Å². The third-order valence-electron chi connectivity index (χ3n) is 4.28. The van der Waals surface area contributed by atoms with Gasteiger partial charge in [0.05, 0.1) is 0 Å². The summed E-state index contributed by atoms with van der Waals surface area (Å²) in [7, 11) is -5.70. The van der Waals surface area contributed by atoms with Crippen molar-refractivity contribution in [2.24, 2.45) is 0 Å². The van der Waals surface area contributed by atoms with Crippen molar-refractivity contribution in [1.29, 1.82) is 0 Å². The summed E-state index contributed by atoms with van der Waals surface area (Å²) in [6.45, 7) is 0. The highest BCUT2D eigenvalue weighted by molar-refractivity contribution is 7.92. The molecule has 1 aromatic heterocycles. The van der Waals surface area contributed by atoms with Gasteiger partial charge in [-0.05, 0) is 16.8 Å². The molecule has 0 unspecified atom stereocenters. The van der Waals surface area contributed by atoms with E-state index in [9.17, 15) is 21.6 Å². The molecule has 0 aliphatic heterocycles. The molecule has 4 rings (SSSR count). The quantitative estimate of drug-likeness (QED) is 0.456. The van der Waals surface area contributed by atoms with Crippen LogP contribution in [-0.4, -0.2) is 19.1 Å². The Hall–Kier alpha value is -3.13. The summed E-state index contributed by atoms with van der Waals surface area (Å²) in [5.74, 6) is -0.443. The average molecular weight is 403 g/mol. The van der Waals surface area contributed by atoms with Crippen LogP contribution in [0.2, 0.25) is 0 Å². The molecule has 8 heteroatoms. The third kappa shape index (κ3) is 2.95. The van der Waals surface area contributed by atoms with Crippen LogP contribution in [0.25, 0.3) is 33.4 Å². The van der Waals surface area contributed by atoms with Crippen LogP contribution in [0.3, 0.4) is 0 Å². The summed E-state index contributed by atoms with van der Waals surface area (Å²) in [5.41, 5.74) is -5.47. The molecule has 3 aromatic carbocycles. The van der Waals surface area contributed by atoms with Gasteiger partial charge in [-0.15, -0.1) is 0 Å². The Bertz CT molecular complexity index is 1260. The van der Waals surface area contributed by atoms with Crippen molar-refractivity contribution in [3.05, 3.63) is 72.8 Å². The first-order chi connectivity index (χ1) is 13.3. The fourth-order valence-corrected chi connectivity index (χ4v) is 3.98. The molecule has 4 nitrogen and oxygen atoms in total. The van der Waals surface area contributed by atoms with E-state index in [0.29, 0.717) is 0 Å². The van der Waals surface area contributed by atoms with Gasteiger partial charge < -0.3 is 4.52 Å². The minimum atomic E-state index is -5.70. The molecule has 0 spiro atoms. The molecule has 0 N–H and O–H groups in total. The van der Waals surface area contributed by atoms with E-state index in [1.165, 1.54) is 18.2 Å². The molecule has 0 aliphatic rings. The van der Waals surface area contributed by atoms with Gasteiger partial charge in [0.2, 0.25) is 0 Å². The van der Waals surface area contributed by atoms with Crippen molar-refractivity contribution in [2.75, 3.05) is 0 Å². The summed E-state index contributed by atoms with van der Waals surface area (Å²) in [4.78, 5) is -0.985. The molecule has 0 saturated heterocycles. The largest absolute Gasteiger partial charge is 0.502 e. The highest BCUT2D eigenvalue weighted by atomic mass is 32.2. The first kappa shape index (κ1) is 18.2. The van der Waals surface area contributed by atoms with Crippen LogP contribution in [0, 0.1) is 0 Å². The Kier molecular flexibility index (Phi) is 4.23. The number of halogens is 3. The molecule has 0 fully saturated rings. The predicted molar refractivity (Wildman–Crippen MR) is 98.1 cm³/mol. The average Bonchev–Trinajstić information content (AvgIpc) is 3.13. The highest BCUT2D eigenvalue weighted by Gasteiger charge is 2.51. The lowest BCUT2D eigenvalue weighted by atomic mass is 10.0. The first-order valence-corrected chi connectivity index (χ1v) is 9.63. The number of hydrogen-bond donors (Lipinski definition) is 0. The van der Waals surface area contributed by atoms with Crippen molar-refractivity contribution >= 4 is 20.6 Å². The highest BCUT2D eigenvalue weighted by Crippen LogP contribution is 2.42. The van der Waals surface area contributed by atoms with Crippen LogP contribution < -0.4 is 0 Å². The number of rotatable bonds is 3. The zero-order chi connectivity index (χ0) is 19.9. The Balaban J connectivity index is 2.01. The molecule has 4 aromatic rings. The third-order valence-corrected chi connectivity index (χ3v) is 5.81. The molecule has 0 radical (unpaired) electrons. The van der Waals surface area contributed by atoms with Gasteiger partial charge in [0.25, 0.3) is 9.84 Å². The number of benzene rings is 3. The van der Waals surface area contributed by atoms with E-state index >= 15 is 0 Å². The zero-order valence-corrected chi connectivity index (χ0v) is 15.0. The van der Waals surface area contributed by atoms with Crippen molar-refractivity contribution in [3.63, 3.8) is 0 Å². The van der Waals surface area contributed by atoms with Gasteiger partial charge in [0.15, 0.2) is 10.7 Å². The number of fused-ring (bicyclic) bond motifs is 1. The maximum Gasteiger partial charge on any atom is 0.502 e. The number of hydrogen-bond acceptors (Lipinski definition) is 4. The fraction of sp³-hybridized carbons (Fsp3) is 0.0500. The predicted octanol–water partition coefficient (Wildman–Crippen LogP) is 5.46. The monoisotopic (exact) mass is 403 g/mol. The van der Waals surface area contributed by atoms with E-state index in [2.05, 4.69) is 5.16 Å². The van der Waals surface area contributed by atoms with E-state index in [-0.39, 0.29) is 16.8 Å². The molecule has 1 heterocycles. The molecular weight excluding hydrogens is 391 g/mol. The summed E-state index contributed by atoms with van der Waals surface area (Å²) < 4.78 is 70.0. The summed E-state index contributed by atoms with van der Waals surface area (Å²) in [5, 5.41) is 5.25. The molecule has 28 heavy (non-hydrogen) atoms. The van der Waals surface area contributed by atoms with Crippen LogP contribution in [0.1, 0.15) is 0 Å². The summed E-state index contributed by atoms with van der Waals surface area (Å²) in [6, 6.07) is 19.7. The van der Waals surface area contributed by atoms with E-state index in [4.69, 9.17) is 4.52 Å². The Morgan fingerprint density at radius 2 is 1.43 bits per heavy atom. The second kappa shape index (κ2) is 6.49. The van der Waals surface area contributed by atoms with Crippen molar-refractivity contribution in [1.82, 2.24) is 5.16 Å². The zero-order valence-electron chi connectivity index (χ0n) is 14.1. The SMILES string of the molecule is O=S(=O)(c1c(-c2ccccc2)noc1-c1ccc2ccccc2c1)C(F)(F)F. The van der Waals surface area contributed by atoms with E-state index < -0.39 is 26.0 Å². The molecular formula is C20H12F3NO3S. The van der Waals surface area contributed by atoms with Crippen molar-refractivity contribution in [2.45, 2.75) is 10.4 Å². The Morgan fingerprint density at radius 1 is 0.786 bits per heavy atom. The lowest BCUT2D eigenvalue weighted by molar-refractivity contribution is -0.0435. The molecule has 0 bridgehead atoms. The molecule has 0 aliphatic carbocycles. The van der Waals surface area contributed by atoms with Gasteiger partial charge in [0.1, 0.15) is 5.69 Å². The fourth-order valence-electron chi connectivity index (χ4n) is 2.94. The minimum Gasteiger partial charge on any atom is -0.354 e. The van der Waals surface area contributed by atoms with Gasteiger partial charge >= 0.3 is 5.51 Å². The van der Waals surface area contributed by atoms with E-state index in [0.717, 1.165) is 10.8 Å². The number of nitrogens with zero attached hydrogens (tertiary/aromatic N) is 1. The minimum absolute atomic E-state index is 0.191. The Labute approximate surface area is 158 Å². The lowest BCUT2D eigenvalue weighted by Crippen LogP contribution is -2.24. The topological polar surface area (TPSA) is 60.2 Å². The standard InChI is InChI=1S/C20H12F3NO3S/c21-20(22,23)28(25,26)19-17(14-7-2-1-3-8-14)24-27-18(19)16-11-10-13-6-4-5-9-15(13)12-16/h1-12H. The van der Waals surface area contributed by atoms with Gasteiger partial charge in [-0.2, -0.15) is 13.2 Å². The van der Waals surface area contributed by atoms with Crippen molar-refractivity contribution < 1.29 is 26.1 Å². The second-order valence-electron chi connectivity index (χ2n) is 6.07. The van der Waals surface area contributed by atoms with Crippen LogP contribution >= 0.6 is 0 Å². The maximum atomic E-state index is 13.4. The van der Waals surface area contributed by atoms with Gasteiger partial charge in [-0.1, -0.05) is 71.9 Å². The van der Waals surface area contributed by atoms with Crippen LogP contribution in [-0.2, 0) is 9.84 Å². The number of aromatic nitrogens is 1. The van der Waals surface area contributed by atoms with Gasteiger partial charge in [-0.3, -0.25) is 0 Å². The number of sulfone groups is 1. The number of alkyl halides is 3. The van der Waals surface area contributed by atoms with E-state index in [1.54, 1.807) is 42.5 Å². The summed E-state index contributed by atoms with van der Waals surface area (Å²) >= 11 is 0. The van der Waals surface area contributed by atoms with Gasteiger partial charge in [0, 0.05) is 11.1 Å². The van der Waals surface area contributed by atoms with Crippen molar-refractivity contribution in [3.8, 4) is 22.6 Å². The summed E-state index contributed by atoms with van der Waals surface area (Å²) in [6.07, 6.45) is 0. The van der Waals surface area contributed by atoms with E-state index in [1.807, 2.05) is 12.1 Å². The normalized spacial score (nSPS) is 12.4. The van der Waals surface area contributed by atoms with Crippen LogP contribution in [0.4, 0.5) is 13.2 Å². The Morgan fingerprint density at radius 3 is 2.11 bits per heavy atom. The van der Waals surface area contributed by atoms with Crippen LogP contribution in [0.5, 0.6) is 0 Å². The molecule has 0 amide bonds. The second-order valence-corrected chi connectivity index (χ2v) is 7.94. The smallest absolute Gasteiger partial charge is 0.354 e. The van der Waals surface area contributed by atoms with Gasteiger partial charge in [-0.25, -0.2) is 8.42 Å². The lowest BCUT2D eigenvalue weighted by Gasteiger charge is -2.10. The first-order valence-electron chi connectivity index (χ1n) is 8.14.